The maximum absolute atomic E-state index is 11.5. The van der Waals surface area contributed by atoms with Crippen LogP contribution in [-0.4, -0.2) is 20.2 Å². The van der Waals surface area contributed by atoms with Gasteiger partial charge >= 0.3 is 5.97 Å². The third-order valence-electron chi connectivity index (χ3n) is 2.93. The van der Waals surface area contributed by atoms with Crippen molar-refractivity contribution in [3.63, 3.8) is 0 Å². The van der Waals surface area contributed by atoms with Crippen molar-refractivity contribution < 1.29 is 14.3 Å². The normalized spacial score (nSPS) is 18.4. The predicted octanol–water partition coefficient (Wildman–Crippen LogP) is 1.90. The Morgan fingerprint density at radius 1 is 1.40 bits per heavy atom. The van der Waals surface area contributed by atoms with Gasteiger partial charge in [-0.2, -0.15) is 0 Å². The maximum atomic E-state index is 11.5. The topological polar surface area (TPSA) is 35.5 Å². The summed E-state index contributed by atoms with van der Waals surface area (Å²) >= 11 is 0. The standard InChI is InChI=1S/C12H14O3/c1-14-11-5-3-4-8-9(11)6-7-10(8)12(13)15-2/h3-5,10H,6-7H2,1-2H3. The molecule has 1 aromatic carbocycles. The van der Waals surface area contributed by atoms with Gasteiger partial charge in [0.1, 0.15) is 5.75 Å². The van der Waals surface area contributed by atoms with E-state index in [1.54, 1.807) is 7.11 Å². The second-order valence-corrected chi connectivity index (χ2v) is 3.64. The van der Waals surface area contributed by atoms with E-state index in [4.69, 9.17) is 9.47 Å². The lowest BCUT2D eigenvalue weighted by Gasteiger charge is -2.10. The van der Waals surface area contributed by atoms with Crippen LogP contribution in [0, 0.1) is 0 Å². The van der Waals surface area contributed by atoms with Gasteiger partial charge in [-0.15, -0.1) is 0 Å². The minimum Gasteiger partial charge on any atom is -0.496 e. The molecule has 3 nitrogen and oxygen atoms in total. The highest BCUT2D eigenvalue weighted by Crippen LogP contribution is 2.38. The van der Waals surface area contributed by atoms with Crippen LogP contribution in [0.15, 0.2) is 18.2 Å². The van der Waals surface area contributed by atoms with E-state index in [1.165, 1.54) is 7.11 Å². The number of carbonyl (C=O) groups excluding carboxylic acids is 1. The van der Waals surface area contributed by atoms with Crippen molar-refractivity contribution in [1.82, 2.24) is 0 Å². The molecule has 0 N–H and O–H groups in total. The number of methoxy groups -OCH3 is 2. The van der Waals surface area contributed by atoms with E-state index in [2.05, 4.69) is 0 Å². The number of carbonyl (C=O) groups is 1. The van der Waals surface area contributed by atoms with E-state index >= 15 is 0 Å². The van der Waals surface area contributed by atoms with Gasteiger partial charge in [0.25, 0.3) is 0 Å². The van der Waals surface area contributed by atoms with Crippen molar-refractivity contribution in [3.8, 4) is 5.75 Å². The van der Waals surface area contributed by atoms with Gasteiger partial charge in [-0.05, 0) is 30.0 Å². The lowest BCUT2D eigenvalue weighted by atomic mass is 10.0. The first-order valence-electron chi connectivity index (χ1n) is 5.01. The Labute approximate surface area is 89.0 Å². The highest BCUT2D eigenvalue weighted by Gasteiger charge is 2.30. The average molecular weight is 206 g/mol. The van der Waals surface area contributed by atoms with Crippen molar-refractivity contribution in [3.05, 3.63) is 29.3 Å². The van der Waals surface area contributed by atoms with E-state index in [1.807, 2.05) is 18.2 Å². The monoisotopic (exact) mass is 206 g/mol. The van der Waals surface area contributed by atoms with Crippen molar-refractivity contribution in [1.29, 1.82) is 0 Å². The maximum Gasteiger partial charge on any atom is 0.313 e. The Kier molecular flexibility index (Phi) is 2.62. The largest absolute Gasteiger partial charge is 0.496 e. The van der Waals surface area contributed by atoms with E-state index in [-0.39, 0.29) is 11.9 Å². The summed E-state index contributed by atoms with van der Waals surface area (Å²) in [6.07, 6.45) is 1.71. The highest BCUT2D eigenvalue weighted by molar-refractivity contribution is 5.80. The number of benzene rings is 1. The Hall–Kier alpha value is -1.51. The fraction of sp³-hybridized carbons (Fsp3) is 0.417. The van der Waals surface area contributed by atoms with E-state index in [0.29, 0.717) is 0 Å². The van der Waals surface area contributed by atoms with Crippen LogP contribution in [0.25, 0.3) is 0 Å². The molecule has 1 aliphatic carbocycles. The Morgan fingerprint density at radius 2 is 2.20 bits per heavy atom. The lowest BCUT2D eigenvalue weighted by molar-refractivity contribution is -0.142. The average Bonchev–Trinajstić information content (AvgIpc) is 2.71. The molecule has 0 spiro atoms. The molecule has 1 aliphatic rings. The first kappa shape index (κ1) is 10.0. The molecule has 0 aromatic heterocycles. The number of ether oxygens (including phenoxy) is 2. The van der Waals surface area contributed by atoms with Crippen LogP contribution in [0.4, 0.5) is 0 Å². The van der Waals surface area contributed by atoms with Crippen LogP contribution in [0.5, 0.6) is 5.75 Å². The zero-order chi connectivity index (χ0) is 10.8. The molecular formula is C12H14O3. The van der Waals surface area contributed by atoms with Gasteiger partial charge in [0.2, 0.25) is 0 Å². The minimum absolute atomic E-state index is 0.111. The van der Waals surface area contributed by atoms with Gasteiger partial charge in [0.15, 0.2) is 0 Å². The van der Waals surface area contributed by atoms with Crippen molar-refractivity contribution in [2.45, 2.75) is 18.8 Å². The van der Waals surface area contributed by atoms with E-state index in [9.17, 15) is 4.79 Å². The number of fused-ring (bicyclic) bond motifs is 1. The SMILES string of the molecule is COC(=O)C1CCc2c(OC)cccc21. The second-order valence-electron chi connectivity index (χ2n) is 3.64. The van der Waals surface area contributed by atoms with Gasteiger partial charge in [-0.3, -0.25) is 4.79 Å². The third-order valence-corrected chi connectivity index (χ3v) is 2.93. The minimum atomic E-state index is -0.151. The molecule has 1 unspecified atom stereocenters. The molecule has 1 aromatic rings. The van der Waals surface area contributed by atoms with Gasteiger partial charge in [-0.25, -0.2) is 0 Å². The van der Waals surface area contributed by atoms with Gasteiger partial charge in [0.05, 0.1) is 20.1 Å². The summed E-state index contributed by atoms with van der Waals surface area (Å²) in [7, 11) is 3.08. The number of hydrogen-bond donors (Lipinski definition) is 0. The molecule has 80 valence electrons. The van der Waals surface area contributed by atoms with Crippen LogP contribution in [-0.2, 0) is 16.0 Å². The van der Waals surface area contributed by atoms with Crippen LogP contribution in [0.3, 0.4) is 0 Å². The molecule has 0 saturated carbocycles. The predicted molar refractivity (Wildman–Crippen MR) is 56.1 cm³/mol. The molecule has 0 fully saturated rings. The van der Waals surface area contributed by atoms with Crippen LogP contribution < -0.4 is 4.74 Å². The molecule has 0 aliphatic heterocycles. The summed E-state index contributed by atoms with van der Waals surface area (Å²) in [6.45, 7) is 0. The molecule has 15 heavy (non-hydrogen) atoms. The molecule has 0 radical (unpaired) electrons. The van der Waals surface area contributed by atoms with E-state index in [0.717, 1.165) is 29.7 Å². The second kappa shape index (κ2) is 3.93. The number of hydrogen-bond acceptors (Lipinski definition) is 3. The molecule has 0 saturated heterocycles. The van der Waals surface area contributed by atoms with Gasteiger partial charge < -0.3 is 9.47 Å². The first-order valence-corrected chi connectivity index (χ1v) is 5.01. The quantitative estimate of drug-likeness (QED) is 0.693. The summed E-state index contributed by atoms with van der Waals surface area (Å²) < 4.78 is 10.1. The molecule has 0 heterocycles. The Balaban J connectivity index is 2.39. The molecule has 1 atom stereocenters. The molecule has 3 heteroatoms. The summed E-state index contributed by atoms with van der Waals surface area (Å²) in [6, 6.07) is 5.82. The summed E-state index contributed by atoms with van der Waals surface area (Å²) in [4.78, 5) is 11.5. The van der Waals surface area contributed by atoms with Crippen molar-refractivity contribution in [2.24, 2.45) is 0 Å². The lowest BCUT2D eigenvalue weighted by Crippen LogP contribution is -2.11. The molecule has 0 amide bonds. The number of esters is 1. The summed E-state index contributed by atoms with van der Waals surface area (Å²) in [5, 5.41) is 0. The molecule has 0 bridgehead atoms. The Morgan fingerprint density at radius 3 is 2.87 bits per heavy atom. The van der Waals surface area contributed by atoms with Crippen molar-refractivity contribution >= 4 is 5.97 Å². The van der Waals surface area contributed by atoms with Crippen LogP contribution in [0.1, 0.15) is 23.5 Å². The molecular weight excluding hydrogens is 192 g/mol. The van der Waals surface area contributed by atoms with Gasteiger partial charge in [-0.1, -0.05) is 12.1 Å². The first-order chi connectivity index (χ1) is 7.27. The Bertz CT molecular complexity index is 384. The smallest absolute Gasteiger partial charge is 0.313 e. The summed E-state index contributed by atoms with van der Waals surface area (Å²) in [5.74, 6) is 0.612. The highest BCUT2D eigenvalue weighted by atomic mass is 16.5. The molecule has 2 rings (SSSR count). The van der Waals surface area contributed by atoms with Crippen molar-refractivity contribution in [2.75, 3.05) is 14.2 Å². The third kappa shape index (κ3) is 1.58. The fourth-order valence-corrected chi connectivity index (χ4v) is 2.20. The zero-order valence-corrected chi connectivity index (χ0v) is 8.95. The zero-order valence-electron chi connectivity index (χ0n) is 8.95. The summed E-state index contributed by atoms with van der Waals surface area (Å²) in [5.41, 5.74) is 2.21. The van der Waals surface area contributed by atoms with Crippen LogP contribution in [0.2, 0.25) is 0 Å². The fourth-order valence-electron chi connectivity index (χ4n) is 2.20. The van der Waals surface area contributed by atoms with Gasteiger partial charge in [0, 0.05) is 0 Å². The van der Waals surface area contributed by atoms with E-state index < -0.39 is 0 Å². The number of rotatable bonds is 2. The van der Waals surface area contributed by atoms with Crippen LogP contribution >= 0.6 is 0 Å².